The number of para-hydroxylation sites is 2. The molecule has 0 radical (unpaired) electrons. The molecule has 0 unspecified atom stereocenters. The van der Waals surface area contributed by atoms with Crippen LogP contribution in [0.2, 0.25) is 0 Å². The summed E-state index contributed by atoms with van der Waals surface area (Å²) in [6, 6.07) is 10.1. The smallest absolute Gasteiger partial charge is 0.340 e. The van der Waals surface area contributed by atoms with Gasteiger partial charge in [0.1, 0.15) is 6.54 Å². The third-order valence-electron chi connectivity index (χ3n) is 4.89. The number of nitrogen functional groups attached to an aromatic ring is 1. The Labute approximate surface area is 187 Å². The fraction of sp³-hybridized carbons (Fsp3) is 0.190. The molecule has 0 saturated carbocycles. The van der Waals surface area contributed by atoms with Gasteiger partial charge in [0, 0.05) is 12.1 Å². The van der Waals surface area contributed by atoms with E-state index in [9.17, 15) is 9.59 Å². The van der Waals surface area contributed by atoms with Crippen LogP contribution >= 0.6 is 0 Å². The van der Waals surface area contributed by atoms with E-state index in [2.05, 4.69) is 20.6 Å². The first-order chi connectivity index (χ1) is 16.0. The Hall–Kier alpha value is -4.61. The average molecular weight is 452 g/mol. The van der Waals surface area contributed by atoms with Crippen molar-refractivity contribution in [1.29, 1.82) is 0 Å². The zero-order valence-electron chi connectivity index (χ0n) is 18.0. The number of ether oxygens (including phenoxy) is 3. The Bertz CT molecular complexity index is 1340. The summed E-state index contributed by atoms with van der Waals surface area (Å²) in [6.45, 7) is -0.170. The molecule has 0 saturated heterocycles. The van der Waals surface area contributed by atoms with Crippen molar-refractivity contribution in [2.45, 2.75) is 6.54 Å². The van der Waals surface area contributed by atoms with Crippen molar-refractivity contribution >= 4 is 34.4 Å². The van der Waals surface area contributed by atoms with Crippen LogP contribution in [-0.4, -0.2) is 53.1 Å². The van der Waals surface area contributed by atoms with Crippen LogP contribution in [-0.2, 0) is 16.1 Å². The first-order valence-electron chi connectivity index (χ1n) is 9.64. The summed E-state index contributed by atoms with van der Waals surface area (Å²) in [5.74, 6) is -0.109. The molecule has 0 aliphatic carbocycles. The van der Waals surface area contributed by atoms with Gasteiger partial charge in [-0.15, -0.1) is 0 Å². The second-order valence-corrected chi connectivity index (χ2v) is 6.80. The molecule has 0 bridgehead atoms. The molecule has 0 spiro atoms. The summed E-state index contributed by atoms with van der Waals surface area (Å²) >= 11 is 0. The fourth-order valence-electron chi connectivity index (χ4n) is 3.36. The van der Waals surface area contributed by atoms with E-state index in [1.807, 2.05) is 12.1 Å². The van der Waals surface area contributed by atoms with Gasteiger partial charge >= 0.3 is 5.97 Å². The van der Waals surface area contributed by atoms with Crippen molar-refractivity contribution in [2.24, 2.45) is 0 Å². The SMILES string of the molecule is COC(=O)c1cc(OC)c(OC)cc1NC(=O)Cn1c(-c2nonc2N)nc2ccccc21. The zero-order chi connectivity index (χ0) is 23.5. The van der Waals surface area contributed by atoms with Gasteiger partial charge in [-0.2, -0.15) is 0 Å². The molecule has 1 amide bonds. The lowest BCUT2D eigenvalue weighted by molar-refractivity contribution is -0.116. The highest BCUT2D eigenvalue weighted by Crippen LogP contribution is 2.34. The van der Waals surface area contributed by atoms with Crippen molar-refractivity contribution in [3.05, 3.63) is 42.0 Å². The molecule has 0 aliphatic rings. The van der Waals surface area contributed by atoms with Crippen LogP contribution in [0.3, 0.4) is 0 Å². The number of carbonyl (C=O) groups excluding carboxylic acids is 2. The van der Waals surface area contributed by atoms with Crippen molar-refractivity contribution in [3.63, 3.8) is 0 Å². The van der Waals surface area contributed by atoms with Gasteiger partial charge in [-0.25, -0.2) is 14.4 Å². The van der Waals surface area contributed by atoms with Crippen molar-refractivity contribution in [2.75, 3.05) is 32.4 Å². The maximum atomic E-state index is 13.1. The predicted octanol–water partition coefficient (Wildman–Crippen LogP) is 2.11. The summed E-state index contributed by atoms with van der Waals surface area (Å²) < 4.78 is 21.7. The minimum Gasteiger partial charge on any atom is -0.493 e. The van der Waals surface area contributed by atoms with Crippen molar-refractivity contribution in [3.8, 4) is 23.0 Å². The number of aromatic nitrogens is 4. The number of carbonyl (C=O) groups is 2. The lowest BCUT2D eigenvalue weighted by atomic mass is 10.1. The number of imidazole rings is 1. The molecule has 0 atom stereocenters. The Morgan fingerprint density at radius 3 is 2.48 bits per heavy atom. The fourth-order valence-corrected chi connectivity index (χ4v) is 3.36. The first-order valence-corrected chi connectivity index (χ1v) is 9.64. The molecule has 4 rings (SSSR count). The standard InChI is InChI=1S/C21H20N6O6/c1-30-15-8-11(21(29)32-3)13(9-16(15)31-2)23-17(28)10-27-14-7-5-4-6-12(14)24-20(27)18-19(22)26-33-25-18/h4-9H,10H2,1-3H3,(H2,22,26)(H,23,28). The zero-order valence-corrected chi connectivity index (χ0v) is 18.0. The molecule has 12 nitrogen and oxygen atoms in total. The topological polar surface area (TPSA) is 157 Å². The highest BCUT2D eigenvalue weighted by molar-refractivity contribution is 6.02. The van der Waals surface area contributed by atoms with Crippen LogP contribution in [0.15, 0.2) is 41.0 Å². The van der Waals surface area contributed by atoms with E-state index >= 15 is 0 Å². The van der Waals surface area contributed by atoms with Crippen LogP contribution in [0, 0.1) is 0 Å². The van der Waals surface area contributed by atoms with Gasteiger partial charge in [-0.05, 0) is 22.4 Å². The number of hydrogen-bond donors (Lipinski definition) is 2. The van der Waals surface area contributed by atoms with Crippen LogP contribution in [0.25, 0.3) is 22.6 Å². The molecule has 33 heavy (non-hydrogen) atoms. The Morgan fingerprint density at radius 1 is 1.09 bits per heavy atom. The van der Waals surface area contributed by atoms with E-state index in [4.69, 9.17) is 24.6 Å². The molecule has 0 aliphatic heterocycles. The molecule has 170 valence electrons. The molecule has 2 aromatic carbocycles. The highest BCUT2D eigenvalue weighted by atomic mass is 16.6. The van der Waals surface area contributed by atoms with Gasteiger partial charge in [0.25, 0.3) is 0 Å². The maximum absolute atomic E-state index is 13.1. The molecule has 2 heterocycles. The minimum absolute atomic E-state index is 0.0415. The lowest BCUT2D eigenvalue weighted by Gasteiger charge is -2.15. The molecule has 0 fully saturated rings. The highest BCUT2D eigenvalue weighted by Gasteiger charge is 2.23. The second kappa shape index (κ2) is 8.86. The first kappa shape index (κ1) is 21.6. The lowest BCUT2D eigenvalue weighted by Crippen LogP contribution is -2.21. The Balaban J connectivity index is 1.72. The van der Waals surface area contributed by atoms with Crippen molar-refractivity contribution in [1.82, 2.24) is 19.9 Å². The number of anilines is 2. The molecular weight excluding hydrogens is 432 g/mol. The second-order valence-electron chi connectivity index (χ2n) is 6.80. The number of methoxy groups -OCH3 is 3. The maximum Gasteiger partial charge on any atom is 0.340 e. The van der Waals surface area contributed by atoms with Gasteiger partial charge < -0.3 is 29.8 Å². The van der Waals surface area contributed by atoms with Gasteiger partial charge in [0.05, 0.1) is 43.6 Å². The number of nitrogens with one attached hydrogen (secondary N) is 1. The normalized spacial score (nSPS) is 10.8. The van der Waals surface area contributed by atoms with E-state index in [1.54, 1.807) is 16.7 Å². The largest absolute Gasteiger partial charge is 0.493 e. The molecule has 4 aromatic rings. The van der Waals surface area contributed by atoms with Crippen LogP contribution < -0.4 is 20.5 Å². The summed E-state index contributed by atoms with van der Waals surface area (Å²) in [5.41, 5.74) is 7.65. The van der Waals surface area contributed by atoms with Gasteiger partial charge in [0.15, 0.2) is 28.8 Å². The number of fused-ring (bicyclic) bond motifs is 1. The van der Waals surface area contributed by atoms with Gasteiger partial charge in [0.2, 0.25) is 5.91 Å². The number of esters is 1. The Kier molecular flexibility index (Phi) is 5.81. The quantitative estimate of drug-likeness (QED) is 0.398. The molecular formula is C21H20N6O6. The van der Waals surface area contributed by atoms with E-state index < -0.39 is 11.9 Å². The van der Waals surface area contributed by atoms with Gasteiger partial charge in [-0.3, -0.25) is 4.79 Å². The summed E-state index contributed by atoms with van der Waals surface area (Å²) in [7, 11) is 4.12. The molecule has 12 heteroatoms. The molecule has 3 N–H and O–H groups in total. The number of amides is 1. The van der Waals surface area contributed by atoms with Crippen molar-refractivity contribution < 1.29 is 28.4 Å². The van der Waals surface area contributed by atoms with Crippen LogP contribution in [0.4, 0.5) is 11.5 Å². The van der Waals surface area contributed by atoms with Crippen LogP contribution in [0.1, 0.15) is 10.4 Å². The average Bonchev–Trinajstić information content (AvgIpc) is 3.41. The Morgan fingerprint density at radius 2 is 1.82 bits per heavy atom. The van der Waals surface area contributed by atoms with E-state index in [1.165, 1.54) is 33.5 Å². The number of benzene rings is 2. The number of hydrogen-bond acceptors (Lipinski definition) is 10. The van der Waals surface area contributed by atoms with E-state index in [-0.39, 0.29) is 29.3 Å². The summed E-state index contributed by atoms with van der Waals surface area (Å²) in [6.07, 6.45) is 0. The monoisotopic (exact) mass is 452 g/mol. The van der Waals surface area contributed by atoms with Crippen LogP contribution in [0.5, 0.6) is 11.5 Å². The molecule has 2 aromatic heterocycles. The summed E-state index contributed by atoms with van der Waals surface area (Å²) in [5, 5.41) is 10.1. The summed E-state index contributed by atoms with van der Waals surface area (Å²) in [4.78, 5) is 29.9. The third-order valence-corrected chi connectivity index (χ3v) is 4.89. The predicted molar refractivity (Wildman–Crippen MR) is 117 cm³/mol. The number of nitrogens with two attached hydrogens (primary N) is 1. The number of nitrogens with zero attached hydrogens (tertiary/aromatic N) is 4. The minimum atomic E-state index is -0.651. The van der Waals surface area contributed by atoms with Gasteiger partial charge in [-0.1, -0.05) is 12.1 Å². The third kappa shape index (κ3) is 4.01. The van der Waals surface area contributed by atoms with E-state index in [0.29, 0.717) is 28.4 Å². The van der Waals surface area contributed by atoms with E-state index in [0.717, 1.165) is 0 Å². The number of rotatable bonds is 7.